The molecule has 2 N–H and O–H groups in total. The molecule has 3 aromatic rings. The Morgan fingerprint density at radius 3 is 2.73 bits per heavy atom. The fraction of sp³-hybridized carbons (Fsp3) is 0.143. The Balaban J connectivity index is 1.49. The second kappa shape index (κ2) is 8.50. The van der Waals surface area contributed by atoms with Crippen molar-refractivity contribution < 1.29 is 4.79 Å². The lowest BCUT2D eigenvalue weighted by Crippen LogP contribution is -2.27. The number of hydrogen-bond donors (Lipinski definition) is 2. The van der Waals surface area contributed by atoms with Gasteiger partial charge in [0.15, 0.2) is 0 Å². The number of aromatic nitrogens is 1. The smallest absolute Gasteiger partial charge is 0.244 e. The van der Waals surface area contributed by atoms with Gasteiger partial charge in [-0.2, -0.15) is 0 Å². The summed E-state index contributed by atoms with van der Waals surface area (Å²) in [6.45, 7) is 3.17. The van der Waals surface area contributed by atoms with E-state index in [0.717, 1.165) is 22.2 Å². The van der Waals surface area contributed by atoms with Gasteiger partial charge in [-0.1, -0.05) is 41.4 Å². The van der Waals surface area contributed by atoms with E-state index in [1.54, 1.807) is 12.3 Å². The topological polar surface area (TPSA) is 54.0 Å². The van der Waals surface area contributed by atoms with Crippen molar-refractivity contribution in [1.29, 1.82) is 0 Å². The van der Waals surface area contributed by atoms with Crippen molar-refractivity contribution >= 4 is 40.2 Å². The van der Waals surface area contributed by atoms with Crippen molar-refractivity contribution in [1.82, 2.24) is 10.3 Å². The van der Waals surface area contributed by atoms with Crippen LogP contribution in [-0.2, 0) is 4.79 Å². The molecule has 2 aromatic carbocycles. The molecule has 5 heteroatoms. The summed E-state index contributed by atoms with van der Waals surface area (Å²) in [6, 6.07) is 15.5. The van der Waals surface area contributed by atoms with Gasteiger partial charge in [-0.25, -0.2) is 0 Å². The van der Waals surface area contributed by atoms with Crippen LogP contribution >= 0.6 is 11.6 Å². The molecule has 0 spiro atoms. The summed E-state index contributed by atoms with van der Waals surface area (Å²) < 4.78 is 0. The lowest BCUT2D eigenvalue weighted by atomic mass is 10.1. The van der Waals surface area contributed by atoms with Crippen molar-refractivity contribution in [2.24, 2.45) is 0 Å². The SMILES string of the molecule is Cc1ccc(/C=C/C(=O)NCCNc2ccnc3cc(Cl)ccc23)cc1. The first-order valence-corrected chi connectivity index (χ1v) is 8.80. The summed E-state index contributed by atoms with van der Waals surface area (Å²) in [5, 5.41) is 7.85. The predicted molar refractivity (Wildman–Crippen MR) is 108 cm³/mol. The fourth-order valence-corrected chi connectivity index (χ4v) is 2.73. The summed E-state index contributed by atoms with van der Waals surface area (Å²) >= 11 is 6.00. The van der Waals surface area contributed by atoms with Gasteiger partial charge in [0.2, 0.25) is 5.91 Å². The van der Waals surface area contributed by atoms with Gasteiger partial charge in [0, 0.05) is 41.5 Å². The minimum Gasteiger partial charge on any atom is -0.383 e. The van der Waals surface area contributed by atoms with Crippen LogP contribution in [-0.4, -0.2) is 24.0 Å². The number of amides is 1. The molecule has 0 aliphatic heterocycles. The molecule has 26 heavy (non-hydrogen) atoms. The van der Waals surface area contributed by atoms with E-state index in [2.05, 4.69) is 15.6 Å². The van der Waals surface area contributed by atoms with Gasteiger partial charge in [0.05, 0.1) is 5.52 Å². The zero-order chi connectivity index (χ0) is 18.4. The van der Waals surface area contributed by atoms with Crippen molar-refractivity contribution in [2.75, 3.05) is 18.4 Å². The number of carbonyl (C=O) groups excluding carboxylic acids is 1. The number of anilines is 1. The molecule has 0 atom stereocenters. The first-order chi connectivity index (χ1) is 12.6. The minimum atomic E-state index is -0.112. The normalized spacial score (nSPS) is 11.0. The van der Waals surface area contributed by atoms with Crippen molar-refractivity contribution in [2.45, 2.75) is 6.92 Å². The summed E-state index contributed by atoms with van der Waals surface area (Å²) in [7, 11) is 0. The zero-order valence-electron chi connectivity index (χ0n) is 14.5. The van der Waals surface area contributed by atoms with Gasteiger partial charge in [-0.3, -0.25) is 9.78 Å². The van der Waals surface area contributed by atoms with Crippen LogP contribution < -0.4 is 10.6 Å². The Morgan fingerprint density at radius 1 is 1.12 bits per heavy atom. The van der Waals surface area contributed by atoms with Crippen molar-refractivity contribution in [3.05, 3.63) is 77.0 Å². The van der Waals surface area contributed by atoms with Gasteiger partial charge < -0.3 is 10.6 Å². The molecule has 4 nitrogen and oxygen atoms in total. The number of benzene rings is 2. The van der Waals surface area contributed by atoms with E-state index in [0.29, 0.717) is 18.1 Å². The number of pyridine rings is 1. The molecule has 0 bridgehead atoms. The van der Waals surface area contributed by atoms with Gasteiger partial charge in [-0.15, -0.1) is 0 Å². The molecule has 0 fully saturated rings. The predicted octanol–water partition coefficient (Wildman–Crippen LogP) is 4.44. The van der Waals surface area contributed by atoms with Gasteiger partial charge in [0.25, 0.3) is 0 Å². The third-order valence-corrected chi connectivity index (χ3v) is 4.18. The monoisotopic (exact) mass is 365 g/mol. The average molecular weight is 366 g/mol. The molecule has 0 aliphatic carbocycles. The molecular formula is C21H20ClN3O. The Morgan fingerprint density at radius 2 is 1.92 bits per heavy atom. The molecule has 1 heterocycles. The molecule has 0 aliphatic rings. The van der Waals surface area contributed by atoms with Gasteiger partial charge in [0.1, 0.15) is 0 Å². The highest BCUT2D eigenvalue weighted by Crippen LogP contribution is 2.24. The van der Waals surface area contributed by atoms with Crippen LogP contribution in [0.5, 0.6) is 0 Å². The van der Waals surface area contributed by atoms with Gasteiger partial charge >= 0.3 is 0 Å². The Bertz CT molecular complexity index is 936. The Labute approximate surface area is 157 Å². The summed E-state index contributed by atoms with van der Waals surface area (Å²) in [4.78, 5) is 16.2. The average Bonchev–Trinajstić information content (AvgIpc) is 2.64. The van der Waals surface area contributed by atoms with Crippen molar-refractivity contribution in [3.8, 4) is 0 Å². The second-order valence-electron chi connectivity index (χ2n) is 5.98. The van der Waals surface area contributed by atoms with Crippen LogP contribution in [0.25, 0.3) is 17.0 Å². The molecule has 0 unspecified atom stereocenters. The summed E-state index contributed by atoms with van der Waals surface area (Å²) in [5.41, 5.74) is 4.01. The number of fused-ring (bicyclic) bond motifs is 1. The zero-order valence-corrected chi connectivity index (χ0v) is 15.3. The van der Waals surface area contributed by atoms with Crippen LogP contribution in [0.4, 0.5) is 5.69 Å². The molecule has 0 saturated heterocycles. The molecule has 1 aromatic heterocycles. The maximum atomic E-state index is 11.9. The largest absolute Gasteiger partial charge is 0.383 e. The second-order valence-corrected chi connectivity index (χ2v) is 6.42. The number of halogens is 1. The minimum absolute atomic E-state index is 0.112. The van der Waals surface area contributed by atoms with Crippen LogP contribution in [0.15, 0.2) is 60.8 Å². The van der Waals surface area contributed by atoms with E-state index in [9.17, 15) is 4.79 Å². The van der Waals surface area contributed by atoms with E-state index in [4.69, 9.17) is 11.6 Å². The summed E-state index contributed by atoms with van der Waals surface area (Å²) in [6.07, 6.45) is 5.10. The van der Waals surface area contributed by atoms with E-state index >= 15 is 0 Å². The number of hydrogen-bond acceptors (Lipinski definition) is 3. The van der Waals surface area contributed by atoms with Crippen LogP contribution in [0, 0.1) is 6.92 Å². The number of carbonyl (C=O) groups is 1. The highest BCUT2D eigenvalue weighted by molar-refractivity contribution is 6.31. The highest BCUT2D eigenvalue weighted by Gasteiger charge is 2.02. The molecule has 132 valence electrons. The lowest BCUT2D eigenvalue weighted by molar-refractivity contribution is -0.116. The molecular weight excluding hydrogens is 346 g/mol. The van der Waals surface area contributed by atoms with Crippen LogP contribution in [0.2, 0.25) is 5.02 Å². The van der Waals surface area contributed by atoms with E-state index < -0.39 is 0 Å². The van der Waals surface area contributed by atoms with Crippen molar-refractivity contribution in [3.63, 3.8) is 0 Å². The number of nitrogens with one attached hydrogen (secondary N) is 2. The number of rotatable bonds is 6. The first kappa shape index (κ1) is 18.0. The highest BCUT2D eigenvalue weighted by atomic mass is 35.5. The maximum Gasteiger partial charge on any atom is 0.244 e. The summed E-state index contributed by atoms with van der Waals surface area (Å²) in [5.74, 6) is -0.112. The third kappa shape index (κ3) is 4.83. The quantitative estimate of drug-likeness (QED) is 0.501. The number of aryl methyl sites for hydroxylation is 1. The van der Waals surface area contributed by atoms with Crippen LogP contribution in [0.3, 0.4) is 0 Å². The third-order valence-electron chi connectivity index (χ3n) is 3.95. The lowest BCUT2D eigenvalue weighted by Gasteiger charge is -2.09. The standard InChI is InChI=1S/C21H20ClN3O/c1-15-2-4-16(5-3-15)6-9-21(26)25-13-12-24-19-10-11-23-20-14-17(22)7-8-18(19)20/h2-11,14H,12-13H2,1H3,(H,23,24)(H,25,26)/b9-6+. The Hall–Kier alpha value is -2.85. The van der Waals surface area contributed by atoms with E-state index in [1.165, 1.54) is 5.56 Å². The van der Waals surface area contributed by atoms with E-state index in [-0.39, 0.29) is 5.91 Å². The maximum absolute atomic E-state index is 11.9. The number of nitrogens with zero attached hydrogens (tertiary/aromatic N) is 1. The van der Waals surface area contributed by atoms with E-state index in [1.807, 2.05) is 61.5 Å². The molecule has 0 radical (unpaired) electrons. The Kier molecular flexibility index (Phi) is 5.87. The van der Waals surface area contributed by atoms with Gasteiger partial charge in [-0.05, 0) is 42.8 Å². The molecule has 1 amide bonds. The molecule has 3 rings (SSSR count). The fourth-order valence-electron chi connectivity index (χ4n) is 2.57. The van der Waals surface area contributed by atoms with Crippen LogP contribution in [0.1, 0.15) is 11.1 Å². The first-order valence-electron chi connectivity index (χ1n) is 8.42. The molecule has 0 saturated carbocycles.